The summed E-state index contributed by atoms with van der Waals surface area (Å²) in [4.78, 5) is 9.68. The molecule has 0 saturated heterocycles. The van der Waals surface area contributed by atoms with Crippen LogP contribution in [0, 0.1) is 5.82 Å². The predicted octanol–water partition coefficient (Wildman–Crippen LogP) is 3.78. The van der Waals surface area contributed by atoms with Gasteiger partial charge in [-0.1, -0.05) is 17.7 Å². The molecule has 0 aliphatic carbocycles. The van der Waals surface area contributed by atoms with Gasteiger partial charge in [0.25, 0.3) is 0 Å². The zero-order valence-electron chi connectivity index (χ0n) is 16.5. The fourth-order valence-corrected chi connectivity index (χ4v) is 4.06. The molecule has 1 heterocycles. The highest BCUT2D eigenvalue weighted by Gasteiger charge is 2.09. The number of aromatic nitrogens is 1. The summed E-state index contributed by atoms with van der Waals surface area (Å²) in [7, 11) is 1.61. The van der Waals surface area contributed by atoms with E-state index in [1.165, 1.54) is 23.5 Å². The second-order valence-electron chi connectivity index (χ2n) is 6.49. The van der Waals surface area contributed by atoms with Crippen LogP contribution >= 0.6 is 22.9 Å². The minimum absolute atomic E-state index is 0.0730. The molecule has 4 N–H and O–H groups in total. The van der Waals surface area contributed by atoms with Crippen LogP contribution in [0.4, 0.5) is 4.39 Å². The molecule has 2 aromatic carbocycles. The maximum Gasteiger partial charge on any atom is 0.185 e. The average Bonchev–Trinajstić information content (AvgIpc) is 3.13. The number of thiazole rings is 1. The summed E-state index contributed by atoms with van der Waals surface area (Å²) in [5, 5.41) is 2.63. The fraction of sp³-hybridized carbons (Fsp3) is 0.238. The molecule has 3 rings (SSSR count). The van der Waals surface area contributed by atoms with Crippen molar-refractivity contribution in [3.8, 4) is 17.0 Å². The van der Waals surface area contributed by atoms with Crippen LogP contribution in [0.5, 0.6) is 5.75 Å². The van der Waals surface area contributed by atoms with Crippen LogP contribution in [0.2, 0.25) is 5.02 Å². The molecule has 0 unspecified atom stereocenters. The standard InChI is InChI=1S/C21H23ClFN5OS/c1-29-19-11-16(22)6-3-15(19)12-27-21-28(10-2-9-26-20(24)25)18(13-30-21)14-4-7-17(23)8-5-14/h3-8,11,13H,2,9-10,12H2,1H3,(H4,24,25,26). The lowest BCUT2D eigenvalue weighted by atomic mass is 10.1. The number of benzene rings is 2. The van der Waals surface area contributed by atoms with Gasteiger partial charge in [0.1, 0.15) is 11.6 Å². The molecule has 0 bridgehead atoms. The first kappa shape index (κ1) is 21.9. The van der Waals surface area contributed by atoms with E-state index in [9.17, 15) is 4.39 Å². The SMILES string of the molecule is COc1cc(Cl)ccc1CN=c1scc(-c2ccc(F)cc2)n1CCCN=C(N)N. The van der Waals surface area contributed by atoms with Crippen LogP contribution in [0.25, 0.3) is 11.3 Å². The zero-order chi connectivity index (χ0) is 21.5. The van der Waals surface area contributed by atoms with Gasteiger partial charge in [0.05, 0.1) is 19.3 Å². The molecule has 0 saturated carbocycles. The summed E-state index contributed by atoms with van der Waals surface area (Å²) in [6, 6.07) is 11.9. The third-order valence-electron chi connectivity index (χ3n) is 4.41. The van der Waals surface area contributed by atoms with E-state index in [1.54, 1.807) is 25.3 Å². The number of nitrogens with two attached hydrogens (primary N) is 2. The van der Waals surface area contributed by atoms with Gasteiger partial charge in [-0.05, 0) is 48.4 Å². The predicted molar refractivity (Wildman–Crippen MR) is 120 cm³/mol. The van der Waals surface area contributed by atoms with Gasteiger partial charge in [-0.3, -0.25) is 9.98 Å². The monoisotopic (exact) mass is 447 g/mol. The second-order valence-corrected chi connectivity index (χ2v) is 7.77. The Morgan fingerprint density at radius 3 is 2.67 bits per heavy atom. The lowest BCUT2D eigenvalue weighted by Crippen LogP contribution is -2.23. The third-order valence-corrected chi connectivity index (χ3v) is 5.54. The maximum atomic E-state index is 13.4. The summed E-state index contributed by atoms with van der Waals surface area (Å²) >= 11 is 7.57. The first-order valence-corrected chi connectivity index (χ1v) is 10.6. The maximum absolute atomic E-state index is 13.4. The largest absolute Gasteiger partial charge is 0.496 e. The van der Waals surface area contributed by atoms with Crippen molar-refractivity contribution < 1.29 is 9.13 Å². The lowest BCUT2D eigenvalue weighted by Gasteiger charge is -2.09. The normalized spacial score (nSPS) is 11.5. The number of rotatable bonds is 8. The van der Waals surface area contributed by atoms with Gasteiger partial charge in [-0.25, -0.2) is 4.39 Å². The average molecular weight is 448 g/mol. The first-order chi connectivity index (χ1) is 14.5. The van der Waals surface area contributed by atoms with Crippen LogP contribution in [0.1, 0.15) is 12.0 Å². The highest BCUT2D eigenvalue weighted by atomic mass is 35.5. The number of nitrogens with zero attached hydrogens (tertiary/aromatic N) is 3. The number of ether oxygens (including phenoxy) is 1. The Balaban J connectivity index is 1.93. The number of methoxy groups -OCH3 is 1. The van der Waals surface area contributed by atoms with E-state index < -0.39 is 0 Å². The van der Waals surface area contributed by atoms with Crippen molar-refractivity contribution in [2.45, 2.75) is 19.5 Å². The van der Waals surface area contributed by atoms with E-state index in [2.05, 4.69) is 9.56 Å². The molecule has 0 amide bonds. The van der Waals surface area contributed by atoms with Crippen molar-refractivity contribution >= 4 is 28.9 Å². The van der Waals surface area contributed by atoms with Gasteiger partial charge in [0.2, 0.25) is 0 Å². The van der Waals surface area contributed by atoms with Crippen molar-refractivity contribution in [3.05, 3.63) is 69.0 Å². The van der Waals surface area contributed by atoms with Crippen LogP contribution in [-0.4, -0.2) is 24.2 Å². The van der Waals surface area contributed by atoms with Crippen LogP contribution in [0.15, 0.2) is 57.8 Å². The van der Waals surface area contributed by atoms with E-state index in [1.807, 2.05) is 17.5 Å². The van der Waals surface area contributed by atoms with Crippen LogP contribution < -0.4 is 21.0 Å². The highest BCUT2D eigenvalue weighted by Crippen LogP contribution is 2.24. The van der Waals surface area contributed by atoms with Gasteiger partial charge in [-0.15, -0.1) is 11.3 Å². The Morgan fingerprint density at radius 1 is 1.20 bits per heavy atom. The van der Waals surface area contributed by atoms with E-state index in [0.29, 0.717) is 30.4 Å². The summed E-state index contributed by atoms with van der Waals surface area (Å²) in [6.45, 7) is 1.62. The molecule has 0 aliphatic heterocycles. The molecule has 0 radical (unpaired) electrons. The number of halogens is 2. The Kier molecular flexibility index (Phi) is 7.48. The molecule has 9 heteroatoms. The lowest BCUT2D eigenvalue weighted by molar-refractivity contribution is 0.409. The molecule has 6 nitrogen and oxygen atoms in total. The van der Waals surface area contributed by atoms with E-state index >= 15 is 0 Å². The summed E-state index contributed by atoms with van der Waals surface area (Å²) in [6.07, 6.45) is 0.736. The number of aliphatic imine (C=N–C) groups is 1. The molecule has 0 fully saturated rings. The molecular weight excluding hydrogens is 425 g/mol. The van der Waals surface area contributed by atoms with E-state index in [-0.39, 0.29) is 11.8 Å². The molecule has 0 aliphatic rings. The minimum Gasteiger partial charge on any atom is -0.496 e. The van der Waals surface area contributed by atoms with Gasteiger partial charge >= 0.3 is 0 Å². The molecule has 0 atom stereocenters. The summed E-state index contributed by atoms with van der Waals surface area (Å²) in [5.41, 5.74) is 13.6. The van der Waals surface area contributed by atoms with Crippen LogP contribution in [0.3, 0.4) is 0 Å². The number of guanidine groups is 1. The quantitative estimate of drug-likeness (QED) is 0.312. The van der Waals surface area contributed by atoms with E-state index in [4.69, 9.17) is 32.8 Å². The second kappa shape index (κ2) is 10.3. The van der Waals surface area contributed by atoms with Crippen molar-refractivity contribution in [2.24, 2.45) is 21.5 Å². The topological polar surface area (TPSA) is 90.9 Å². The Hall–Kier alpha value is -2.84. The summed E-state index contributed by atoms with van der Waals surface area (Å²) < 4.78 is 20.9. The van der Waals surface area contributed by atoms with Crippen molar-refractivity contribution in [2.75, 3.05) is 13.7 Å². The van der Waals surface area contributed by atoms with Gasteiger partial charge in [-0.2, -0.15) is 0 Å². The molecule has 1 aromatic heterocycles. The smallest absolute Gasteiger partial charge is 0.185 e. The Bertz CT molecular complexity index is 1090. The van der Waals surface area contributed by atoms with Gasteiger partial charge in [0.15, 0.2) is 10.8 Å². The molecule has 3 aromatic rings. The van der Waals surface area contributed by atoms with Gasteiger partial charge in [0, 0.05) is 29.1 Å². The molecular formula is C21H23ClFN5OS. The zero-order valence-corrected chi connectivity index (χ0v) is 18.1. The van der Waals surface area contributed by atoms with Gasteiger partial charge < -0.3 is 20.8 Å². The summed E-state index contributed by atoms with van der Waals surface area (Å²) in [5.74, 6) is 0.498. The van der Waals surface area contributed by atoms with Crippen molar-refractivity contribution in [1.29, 1.82) is 0 Å². The first-order valence-electron chi connectivity index (χ1n) is 9.30. The van der Waals surface area contributed by atoms with E-state index in [0.717, 1.165) is 28.0 Å². The van der Waals surface area contributed by atoms with Crippen molar-refractivity contribution in [1.82, 2.24) is 4.57 Å². The van der Waals surface area contributed by atoms with Crippen molar-refractivity contribution in [3.63, 3.8) is 0 Å². The molecule has 158 valence electrons. The minimum atomic E-state index is -0.270. The number of hydrogen-bond acceptors (Lipinski definition) is 4. The molecule has 30 heavy (non-hydrogen) atoms. The molecule has 0 spiro atoms. The fourth-order valence-electron chi connectivity index (χ4n) is 2.96. The number of hydrogen-bond donors (Lipinski definition) is 2. The highest BCUT2D eigenvalue weighted by molar-refractivity contribution is 7.07. The Morgan fingerprint density at radius 2 is 1.97 bits per heavy atom. The third kappa shape index (κ3) is 5.61. The van der Waals surface area contributed by atoms with Crippen LogP contribution in [-0.2, 0) is 13.1 Å². The Labute approximate surface area is 183 Å².